The van der Waals surface area contributed by atoms with Crippen LogP contribution in [0.3, 0.4) is 0 Å². The summed E-state index contributed by atoms with van der Waals surface area (Å²) in [6.07, 6.45) is 0.459. The largest absolute Gasteiger partial charge is 0.457 e. The first-order valence-electron chi connectivity index (χ1n) is 12.9. The third-order valence-electron chi connectivity index (χ3n) is 6.85. The number of fused-ring (bicyclic) bond motifs is 1. The van der Waals surface area contributed by atoms with Crippen molar-refractivity contribution >= 4 is 46.0 Å². The lowest BCUT2D eigenvalue weighted by atomic mass is 9.93. The molecule has 1 fully saturated rings. The maximum absolute atomic E-state index is 13.3. The molecule has 0 bridgehead atoms. The first-order valence-corrected chi connectivity index (χ1v) is 13.3. The minimum absolute atomic E-state index is 0.0823. The van der Waals surface area contributed by atoms with Crippen LogP contribution in [-0.4, -0.2) is 33.5 Å². The van der Waals surface area contributed by atoms with E-state index < -0.39 is 11.7 Å². The number of pyridine rings is 1. The Balaban J connectivity index is 1.25. The van der Waals surface area contributed by atoms with Crippen LogP contribution in [0.15, 0.2) is 54.7 Å². The molecule has 1 amide bonds. The standard InChI is InChI=1S/C28H28ClF3N6O2/c1-38-24-6-4-19(15-23(24)36-27(38)35-18-3-5-22(29)21(14-18)28(30,31)32)40-20-10-13-34-25(16-20)37-26(39)7-2-17-8-11-33-12-9-17/h3-6,10,13-17,33H,2,7-9,11-12H2,1H3,(H,35,36)(H,34,37,39). The zero-order valence-electron chi connectivity index (χ0n) is 21.7. The Morgan fingerprint density at radius 1 is 1.12 bits per heavy atom. The number of rotatable bonds is 8. The number of aromatic nitrogens is 3. The van der Waals surface area contributed by atoms with Gasteiger partial charge >= 0.3 is 6.18 Å². The summed E-state index contributed by atoms with van der Waals surface area (Å²) in [5, 5.41) is 8.72. The monoisotopic (exact) mass is 572 g/mol. The molecule has 0 atom stereocenters. The van der Waals surface area contributed by atoms with Gasteiger partial charge in [0.2, 0.25) is 11.9 Å². The molecule has 0 unspecified atom stereocenters. The van der Waals surface area contributed by atoms with Crippen molar-refractivity contribution in [1.29, 1.82) is 0 Å². The molecule has 0 spiro atoms. The minimum atomic E-state index is -4.57. The number of alkyl halides is 3. The molecule has 8 nitrogen and oxygen atoms in total. The van der Waals surface area contributed by atoms with E-state index in [-0.39, 0.29) is 16.6 Å². The summed E-state index contributed by atoms with van der Waals surface area (Å²) in [6.45, 7) is 2.00. The van der Waals surface area contributed by atoms with Crippen LogP contribution in [0.25, 0.3) is 11.0 Å². The highest BCUT2D eigenvalue weighted by Crippen LogP contribution is 2.37. The second-order valence-corrected chi connectivity index (χ2v) is 10.1. The summed E-state index contributed by atoms with van der Waals surface area (Å²) in [6, 6.07) is 12.2. The van der Waals surface area contributed by atoms with Crippen LogP contribution in [0, 0.1) is 5.92 Å². The van der Waals surface area contributed by atoms with Crippen LogP contribution in [0.1, 0.15) is 31.2 Å². The Labute approximate surface area is 233 Å². The zero-order valence-corrected chi connectivity index (χ0v) is 22.4. The van der Waals surface area contributed by atoms with Crippen LogP contribution in [-0.2, 0) is 18.0 Å². The van der Waals surface area contributed by atoms with Gasteiger partial charge in [-0.15, -0.1) is 0 Å². The maximum Gasteiger partial charge on any atom is 0.417 e. The van der Waals surface area contributed by atoms with Gasteiger partial charge in [-0.2, -0.15) is 13.2 Å². The van der Waals surface area contributed by atoms with Crippen LogP contribution in [0.4, 0.5) is 30.6 Å². The SMILES string of the molecule is Cn1c(Nc2ccc(Cl)c(C(F)(F)F)c2)nc2cc(Oc3ccnc(NC(=O)CCC4CCNCC4)c3)ccc21. The summed E-state index contributed by atoms with van der Waals surface area (Å²) < 4.78 is 47.5. The Morgan fingerprint density at radius 2 is 1.90 bits per heavy atom. The second kappa shape index (κ2) is 11.7. The molecule has 40 heavy (non-hydrogen) atoms. The van der Waals surface area contributed by atoms with E-state index in [2.05, 4.69) is 25.9 Å². The fourth-order valence-corrected chi connectivity index (χ4v) is 4.92. The van der Waals surface area contributed by atoms with Crippen molar-refractivity contribution in [2.45, 2.75) is 31.9 Å². The van der Waals surface area contributed by atoms with E-state index in [0.717, 1.165) is 43.9 Å². The van der Waals surface area contributed by atoms with Crippen molar-refractivity contribution in [3.63, 3.8) is 0 Å². The summed E-state index contributed by atoms with van der Waals surface area (Å²) in [5.74, 6) is 2.22. The summed E-state index contributed by atoms with van der Waals surface area (Å²) >= 11 is 5.73. The average Bonchev–Trinajstić information content (AvgIpc) is 3.23. The number of ether oxygens (including phenoxy) is 1. The number of nitrogens with one attached hydrogen (secondary N) is 3. The van der Waals surface area contributed by atoms with Crippen molar-refractivity contribution in [3.8, 4) is 11.5 Å². The Bertz CT molecular complexity index is 1520. The van der Waals surface area contributed by atoms with Crippen LogP contribution < -0.4 is 20.7 Å². The van der Waals surface area contributed by atoms with Crippen molar-refractivity contribution in [1.82, 2.24) is 19.9 Å². The molecule has 2 aromatic carbocycles. The number of nitrogens with zero attached hydrogens (tertiary/aromatic N) is 3. The number of benzene rings is 2. The van der Waals surface area contributed by atoms with Gasteiger partial charge in [-0.3, -0.25) is 4.79 Å². The molecule has 1 aliphatic heterocycles. The van der Waals surface area contributed by atoms with E-state index >= 15 is 0 Å². The highest BCUT2D eigenvalue weighted by Gasteiger charge is 2.33. The average molecular weight is 573 g/mol. The molecule has 0 aliphatic carbocycles. The van der Waals surface area contributed by atoms with Gasteiger partial charge in [0.05, 0.1) is 21.6 Å². The van der Waals surface area contributed by atoms with E-state index in [1.165, 1.54) is 12.1 Å². The second-order valence-electron chi connectivity index (χ2n) is 9.72. The molecule has 3 N–H and O–H groups in total. The van der Waals surface area contributed by atoms with E-state index in [1.54, 1.807) is 48.1 Å². The summed E-state index contributed by atoms with van der Waals surface area (Å²) in [7, 11) is 1.75. The van der Waals surface area contributed by atoms with Gasteiger partial charge in [-0.25, -0.2) is 9.97 Å². The lowest BCUT2D eigenvalue weighted by molar-refractivity contribution is -0.137. The van der Waals surface area contributed by atoms with Crippen molar-refractivity contribution in [2.75, 3.05) is 23.7 Å². The number of halogens is 4. The lowest BCUT2D eigenvalue weighted by Gasteiger charge is -2.22. The van der Waals surface area contributed by atoms with E-state index in [1.807, 2.05) is 0 Å². The van der Waals surface area contributed by atoms with Crippen molar-refractivity contribution in [3.05, 3.63) is 65.3 Å². The van der Waals surface area contributed by atoms with Crippen LogP contribution in [0.2, 0.25) is 5.02 Å². The quantitative estimate of drug-likeness (QED) is 0.213. The van der Waals surface area contributed by atoms with Gasteiger partial charge in [-0.1, -0.05) is 11.6 Å². The number of carbonyl (C=O) groups excluding carboxylic acids is 1. The van der Waals surface area contributed by atoms with Gasteiger partial charge in [0, 0.05) is 37.5 Å². The van der Waals surface area contributed by atoms with E-state index in [0.29, 0.717) is 41.1 Å². The Morgan fingerprint density at radius 3 is 2.67 bits per heavy atom. The van der Waals surface area contributed by atoms with Gasteiger partial charge in [0.15, 0.2) is 0 Å². The molecule has 1 saturated heterocycles. The Kier molecular flexibility index (Phi) is 8.13. The molecule has 4 aromatic rings. The van der Waals surface area contributed by atoms with E-state index in [9.17, 15) is 18.0 Å². The molecule has 5 rings (SSSR count). The number of piperidine rings is 1. The highest BCUT2D eigenvalue weighted by atomic mass is 35.5. The zero-order chi connectivity index (χ0) is 28.3. The van der Waals surface area contributed by atoms with Gasteiger partial charge in [0.25, 0.3) is 0 Å². The molecule has 210 valence electrons. The number of anilines is 3. The van der Waals surface area contributed by atoms with Crippen molar-refractivity contribution in [2.24, 2.45) is 13.0 Å². The Hall–Kier alpha value is -3.83. The molecule has 12 heteroatoms. The van der Waals surface area contributed by atoms with E-state index in [4.69, 9.17) is 16.3 Å². The van der Waals surface area contributed by atoms with Crippen LogP contribution in [0.5, 0.6) is 11.5 Å². The van der Waals surface area contributed by atoms with Crippen molar-refractivity contribution < 1.29 is 22.7 Å². The minimum Gasteiger partial charge on any atom is -0.457 e. The van der Waals surface area contributed by atoms with Gasteiger partial charge in [0.1, 0.15) is 17.3 Å². The molecular weight excluding hydrogens is 545 g/mol. The molecule has 2 aromatic heterocycles. The first-order chi connectivity index (χ1) is 19.2. The van der Waals surface area contributed by atoms with Crippen LogP contribution >= 0.6 is 11.6 Å². The number of amides is 1. The fourth-order valence-electron chi connectivity index (χ4n) is 4.69. The number of carbonyl (C=O) groups is 1. The smallest absolute Gasteiger partial charge is 0.417 e. The molecule has 3 heterocycles. The maximum atomic E-state index is 13.3. The third kappa shape index (κ3) is 6.65. The van der Waals surface area contributed by atoms with Gasteiger partial charge in [-0.05, 0) is 74.7 Å². The number of hydrogen-bond acceptors (Lipinski definition) is 6. The highest BCUT2D eigenvalue weighted by molar-refractivity contribution is 6.31. The number of aryl methyl sites for hydroxylation is 1. The van der Waals surface area contributed by atoms with Gasteiger partial charge < -0.3 is 25.3 Å². The summed E-state index contributed by atoms with van der Waals surface area (Å²) in [4.78, 5) is 21.2. The number of imidazole rings is 1. The lowest BCUT2D eigenvalue weighted by Crippen LogP contribution is -2.28. The molecule has 0 radical (unpaired) electrons. The first kappa shape index (κ1) is 27.7. The topological polar surface area (TPSA) is 93.1 Å². The normalized spacial score (nSPS) is 14.3. The molecule has 0 saturated carbocycles. The number of hydrogen-bond donors (Lipinski definition) is 3. The molecule has 1 aliphatic rings. The predicted molar refractivity (Wildman–Crippen MR) is 148 cm³/mol. The fraction of sp³-hybridized carbons (Fsp3) is 0.321. The molecular formula is C28H28ClF3N6O2. The third-order valence-corrected chi connectivity index (χ3v) is 7.18. The summed E-state index contributed by atoms with van der Waals surface area (Å²) in [5.41, 5.74) is 0.598. The predicted octanol–water partition coefficient (Wildman–Crippen LogP) is 6.89.